The zero-order valence-corrected chi connectivity index (χ0v) is 15.7. The highest BCUT2D eigenvalue weighted by molar-refractivity contribution is 6.08. The van der Waals surface area contributed by atoms with Gasteiger partial charge >= 0.3 is 0 Å². The van der Waals surface area contributed by atoms with E-state index in [1.54, 1.807) is 18.2 Å². The van der Waals surface area contributed by atoms with Gasteiger partial charge in [-0.2, -0.15) is 0 Å². The number of anilines is 2. The lowest BCUT2D eigenvalue weighted by atomic mass is 10.1. The second-order valence-electron chi connectivity index (χ2n) is 6.14. The molecule has 0 saturated heterocycles. The monoisotopic (exact) mass is 409 g/mol. The van der Waals surface area contributed by atoms with E-state index in [0.29, 0.717) is 5.69 Å². The summed E-state index contributed by atoms with van der Waals surface area (Å²) in [5.74, 6) is -1.46. The number of benzene rings is 3. The molecule has 0 unspecified atom stereocenters. The Labute approximate surface area is 170 Å². The maximum Gasteiger partial charge on any atom is 0.270 e. The third-order valence-electron chi connectivity index (χ3n) is 4.10. The molecule has 0 fully saturated rings. The Morgan fingerprint density at radius 3 is 2.27 bits per heavy atom. The lowest BCUT2D eigenvalue weighted by Crippen LogP contribution is -2.15. The van der Waals surface area contributed by atoms with E-state index in [1.165, 1.54) is 49.6 Å². The number of nitro groups is 1. The summed E-state index contributed by atoms with van der Waals surface area (Å²) in [5, 5.41) is 16.1. The predicted octanol–water partition coefficient (Wildman–Crippen LogP) is 4.25. The number of carbonyl (C=O) groups excluding carboxylic acids is 2. The Balaban J connectivity index is 1.80. The average molecular weight is 409 g/mol. The molecule has 0 aromatic heterocycles. The number of rotatable bonds is 6. The molecular weight excluding hydrogens is 393 g/mol. The molecule has 3 aromatic carbocycles. The minimum absolute atomic E-state index is 0.0266. The van der Waals surface area contributed by atoms with Crippen molar-refractivity contribution in [3.63, 3.8) is 0 Å². The minimum atomic E-state index is -0.641. The second-order valence-corrected chi connectivity index (χ2v) is 6.14. The summed E-state index contributed by atoms with van der Waals surface area (Å²) in [6.45, 7) is 0. The van der Waals surface area contributed by atoms with Gasteiger partial charge < -0.3 is 15.4 Å². The van der Waals surface area contributed by atoms with Gasteiger partial charge in [0.25, 0.3) is 17.5 Å². The summed E-state index contributed by atoms with van der Waals surface area (Å²) in [5.41, 5.74) is 0.518. The van der Waals surface area contributed by atoms with Crippen LogP contribution in [0.4, 0.5) is 21.5 Å². The molecule has 8 nitrogen and oxygen atoms in total. The number of hydrogen-bond acceptors (Lipinski definition) is 5. The molecule has 0 saturated carbocycles. The number of methoxy groups -OCH3 is 1. The zero-order chi connectivity index (χ0) is 21.7. The number of nitrogens with one attached hydrogen (secondary N) is 2. The van der Waals surface area contributed by atoms with Crippen LogP contribution in [0.1, 0.15) is 20.7 Å². The van der Waals surface area contributed by atoms with Gasteiger partial charge in [0, 0.05) is 29.1 Å². The molecule has 30 heavy (non-hydrogen) atoms. The van der Waals surface area contributed by atoms with Crippen molar-refractivity contribution < 1.29 is 23.6 Å². The van der Waals surface area contributed by atoms with Crippen molar-refractivity contribution in [2.75, 3.05) is 17.7 Å². The van der Waals surface area contributed by atoms with Crippen LogP contribution in [0.25, 0.3) is 0 Å². The first kappa shape index (κ1) is 20.5. The molecule has 0 aliphatic heterocycles. The van der Waals surface area contributed by atoms with E-state index >= 15 is 0 Å². The summed E-state index contributed by atoms with van der Waals surface area (Å²) in [4.78, 5) is 35.4. The molecule has 3 rings (SSSR count). The van der Waals surface area contributed by atoms with Gasteiger partial charge in [-0.1, -0.05) is 12.1 Å². The Morgan fingerprint density at radius 1 is 0.933 bits per heavy atom. The Morgan fingerprint density at radius 2 is 1.60 bits per heavy atom. The van der Waals surface area contributed by atoms with Crippen LogP contribution < -0.4 is 15.4 Å². The third-order valence-corrected chi connectivity index (χ3v) is 4.10. The van der Waals surface area contributed by atoms with E-state index in [4.69, 9.17) is 4.74 Å². The van der Waals surface area contributed by atoms with E-state index in [2.05, 4.69) is 10.6 Å². The van der Waals surface area contributed by atoms with Crippen molar-refractivity contribution in [2.24, 2.45) is 0 Å². The number of halogens is 1. The van der Waals surface area contributed by atoms with E-state index in [0.717, 1.165) is 6.07 Å². The fourth-order valence-electron chi connectivity index (χ4n) is 2.69. The Hall–Kier alpha value is -4.27. The standard InChI is InChI=1S/C21H16FN3O5/c1-30-19-9-8-17(25(28)29)12-18(19)21(27)24-15-6-2-4-13(10-15)20(26)23-16-7-3-5-14(22)11-16/h2-12H,1H3,(H,23,26)(H,24,27). The fraction of sp³-hybridized carbons (Fsp3) is 0.0476. The summed E-state index contributed by atoms with van der Waals surface area (Å²) < 4.78 is 18.4. The number of hydrogen-bond donors (Lipinski definition) is 2. The molecule has 0 bridgehead atoms. The van der Waals surface area contributed by atoms with Gasteiger partial charge in [0.05, 0.1) is 17.6 Å². The van der Waals surface area contributed by atoms with Crippen LogP contribution in [0, 0.1) is 15.9 Å². The quantitative estimate of drug-likeness (QED) is 0.467. The van der Waals surface area contributed by atoms with Crippen molar-refractivity contribution in [1.29, 1.82) is 0 Å². The van der Waals surface area contributed by atoms with Crippen LogP contribution in [0.15, 0.2) is 66.7 Å². The summed E-state index contributed by atoms with van der Waals surface area (Å²) in [7, 11) is 1.34. The van der Waals surface area contributed by atoms with E-state index in [-0.39, 0.29) is 28.3 Å². The molecule has 3 aromatic rings. The molecule has 2 N–H and O–H groups in total. The van der Waals surface area contributed by atoms with Crippen LogP contribution >= 0.6 is 0 Å². The molecule has 9 heteroatoms. The van der Waals surface area contributed by atoms with Gasteiger partial charge in [-0.3, -0.25) is 19.7 Å². The highest BCUT2D eigenvalue weighted by atomic mass is 19.1. The molecular formula is C21H16FN3O5. The van der Waals surface area contributed by atoms with Gasteiger partial charge in [0.1, 0.15) is 11.6 Å². The van der Waals surface area contributed by atoms with Crippen LogP contribution in [-0.4, -0.2) is 23.8 Å². The second kappa shape index (κ2) is 8.82. The number of ether oxygens (including phenoxy) is 1. The summed E-state index contributed by atoms with van der Waals surface area (Å²) in [6, 6.07) is 15.2. The van der Waals surface area contributed by atoms with Crippen LogP contribution in [0.5, 0.6) is 5.75 Å². The lowest BCUT2D eigenvalue weighted by Gasteiger charge is -2.11. The zero-order valence-electron chi connectivity index (χ0n) is 15.7. The third kappa shape index (κ3) is 4.76. The summed E-state index contributed by atoms with van der Waals surface area (Å²) in [6.07, 6.45) is 0. The van der Waals surface area contributed by atoms with Crippen LogP contribution in [0.3, 0.4) is 0 Å². The van der Waals surface area contributed by atoms with Gasteiger partial charge in [-0.05, 0) is 42.5 Å². The SMILES string of the molecule is COc1ccc([N+](=O)[O-])cc1C(=O)Nc1cccc(C(=O)Nc2cccc(F)c2)c1. The van der Waals surface area contributed by atoms with Crippen molar-refractivity contribution in [2.45, 2.75) is 0 Å². The largest absolute Gasteiger partial charge is 0.496 e. The highest BCUT2D eigenvalue weighted by Crippen LogP contribution is 2.25. The van der Waals surface area contributed by atoms with Crippen LogP contribution in [0.2, 0.25) is 0 Å². The van der Waals surface area contributed by atoms with Crippen molar-refractivity contribution in [3.8, 4) is 5.75 Å². The first-order valence-corrected chi connectivity index (χ1v) is 8.68. The van der Waals surface area contributed by atoms with Crippen molar-refractivity contribution >= 4 is 28.9 Å². The normalized spacial score (nSPS) is 10.2. The number of nitrogens with zero attached hydrogens (tertiary/aromatic N) is 1. The molecule has 0 heterocycles. The Kier molecular flexibility index (Phi) is 6.02. The van der Waals surface area contributed by atoms with Gasteiger partial charge in [-0.15, -0.1) is 0 Å². The average Bonchev–Trinajstić information content (AvgIpc) is 2.73. The smallest absolute Gasteiger partial charge is 0.270 e. The molecule has 0 radical (unpaired) electrons. The first-order valence-electron chi connectivity index (χ1n) is 8.68. The maximum absolute atomic E-state index is 13.3. The van der Waals surface area contributed by atoms with E-state index in [9.17, 15) is 24.1 Å². The topological polar surface area (TPSA) is 111 Å². The lowest BCUT2D eigenvalue weighted by molar-refractivity contribution is -0.384. The Bertz CT molecular complexity index is 1130. The fourth-order valence-corrected chi connectivity index (χ4v) is 2.69. The minimum Gasteiger partial charge on any atom is -0.496 e. The molecule has 0 aliphatic carbocycles. The molecule has 0 aliphatic rings. The highest BCUT2D eigenvalue weighted by Gasteiger charge is 2.18. The van der Waals surface area contributed by atoms with Crippen molar-refractivity contribution in [1.82, 2.24) is 0 Å². The molecule has 0 atom stereocenters. The van der Waals surface area contributed by atoms with Gasteiger partial charge in [-0.25, -0.2) is 4.39 Å². The first-order chi connectivity index (χ1) is 14.4. The molecule has 2 amide bonds. The molecule has 152 valence electrons. The van der Waals surface area contributed by atoms with Crippen molar-refractivity contribution in [3.05, 3.63) is 93.8 Å². The van der Waals surface area contributed by atoms with E-state index < -0.39 is 22.6 Å². The van der Waals surface area contributed by atoms with Gasteiger partial charge in [0.2, 0.25) is 0 Å². The summed E-state index contributed by atoms with van der Waals surface area (Å²) >= 11 is 0. The number of non-ortho nitro benzene ring substituents is 1. The number of amides is 2. The molecule has 0 spiro atoms. The maximum atomic E-state index is 13.3. The predicted molar refractivity (Wildman–Crippen MR) is 108 cm³/mol. The van der Waals surface area contributed by atoms with Gasteiger partial charge in [0.15, 0.2) is 0 Å². The number of nitro benzene ring substituents is 1. The van der Waals surface area contributed by atoms with Crippen LogP contribution in [-0.2, 0) is 0 Å². The van der Waals surface area contributed by atoms with E-state index in [1.807, 2.05) is 0 Å². The number of carbonyl (C=O) groups is 2.